The van der Waals surface area contributed by atoms with E-state index in [1.54, 1.807) is 20.0 Å². The molecule has 20 heavy (non-hydrogen) atoms. The normalized spacial score (nSPS) is 13.6. The van der Waals surface area contributed by atoms with Gasteiger partial charge in [-0.2, -0.15) is 15.4 Å². The number of ether oxygens (including phenoxy) is 1. The van der Waals surface area contributed by atoms with Crippen molar-refractivity contribution in [1.82, 2.24) is 15.4 Å². The number of aromatic amines is 1. The molecule has 0 saturated carbocycles. The van der Waals surface area contributed by atoms with Crippen molar-refractivity contribution in [1.29, 1.82) is 0 Å². The van der Waals surface area contributed by atoms with Gasteiger partial charge < -0.3 is 9.84 Å². The van der Waals surface area contributed by atoms with Crippen LogP contribution in [0.5, 0.6) is 0 Å². The Morgan fingerprint density at radius 2 is 2.00 bits per heavy atom. The zero-order valence-corrected chi connectivity index (χ0v) is 13.1. The number of nitrogens with one attached hydrogen (secondary N) is 1. The Morgan fingerprint density at radius 1 is 1.25 bits per heavy atom. The molecule has 1 aromatic rings. The van der Waals surface area contributed by atoms with Crippen LogP contribution in [0.4, 0.5) is 0 Å². The van der Waals surface area contributed by atoms with Gasteiger partial charge in [0.1, 0.15) is 0 Å². The van der Waals surface area contributed by atoms with Crippen molar-refractivity contribution >= 4 is 0 Å². The fraction of sp³-hybridized carbons (Fsp3) is 0.867. The SMILES string of the molecule is CCCCCCC[C@H](CCc1cn[nH]n1)OC(C)(C)O. The van der Waals surface area contributed by atoms with E-state index < -0.39 is 5.79 Å². The second kappa shape index (κ2) is 9.08. The van der Waals surface area contributed by atoms with Gasteiger partial charge in [0.2, 0.25) is 0 Å². The first-order valence-corrected chi connectivity index (χ1v) is 7.76. The second-order valence-corrected chi connectivity index (χ2v) is 5.89. The van der Waals surface area contributed by atoms with E-state index in [2.05, 4.69) is 22.3 Å². The third-order valence-electron chi connectivity index (χ3n) is 3.27. The van der Waals surface area contributed by atoms with Gasteiger partial charge in [0.05, 0.1) is 18.0 Å². The first-order chi connectivity index (χ1) is 9.51. The van der Waals surface area contributed by atoms with E-state index in [1.165, 1.54) is 25.7 Å². The van der Waals surface area contributed by atoms with Crippen molar-refractivity contribution < 1.29 is 9.84 Å². The highest BCUT2D eigenvalue weighted by Gasteiger charge is 2.20. The molecular formula is C15H29N3O2. The number of aryl methyl sites for hydroxylation is 1. The highest BCUT2D eigenvalue weighted by atomic mass is 16.6. The first-order valence-electron chi connectivity index (χ1n) is 7.76. The number of rotatable bonds is 11. The fourth-order valence-electron chi connectivity index (χ4n) is 2.30. The summed E-state index contributed by atoms with van der Waals surface area (Å²) in [7, 11) is 0. The van der Waals surface area contributed by atoms with Gasteiger partial charge >= 0.3 is 0 Å². The van der Waals surface area contributed by atoms with E-state index in [1.807, 2.05) is 0 Å². The summed E-state index contributed by atoms with van der Waals surface area (Å²) in [5, 5.41) is 20.3. The molecule has 0 unspecified atom stereocenters. The summed E-state index contributed by atoms with van der Waals surface area (Å²) in [6.45, 7) is 5.60. The Balaban J connectivity index is 2.31. The largest absolute Gasteiger partial charge is 0.366 e. The summed E-state index contributed by atoms with van der Waals surface area (Å²) >= 11 is 0. The van der Waals surface area contributed by atoms with Crippen LogP contribution in [0.15, 0.2) is 6.20 Å². The molecule has 0 amide bonds. The molecule has 0 aliphatic carbocycles. The summed E-state index contributed by atoms with van der Waals surface area (Å²) in [6, 6.07) is 0. The van der Waals surface area contributed by atoms with Crippen molar-refractivity contribution in [2.45, 2.75) is 84.0 Å². The molecule has 0 saturated heterocycles. The van der Waals surface area contributed by atoms with Crippen molar-refractivity contribution in [3.8, 4) is 0 Å². The van der Waals surface area contributed by atoms with Crippen molar-refractivity contribution in [3.63, 3.8) is 0 Å². The first kappa shape index (κ1) is 17.1. The molecule has 0 aliphatic rings. The van der Waals surface area contributed by atoms with Crippen LogP contribution in [0.25, 0.3) is 0 Å². The Hall–Kier alpha value is -0.940. The molecule has 2 N–H and O–H groups in total. The second-order valence-electron chi connectivity index (χ2n) is 5.89. The number of unbranched alkanes of at least 4 members (excludes halogenated alkanes) is 4. The average Bonchev–Trinajstić information content (AvgIpc) is 2.87. The van der Waals surface area contributed by atoms with Crippen molar-refractivity contribution in [3.05, 3.63) is 11.9 Å². The molecular weight excluding hydrogens is 254 g/mol. The summed E-state index contributed by atoms with van der Waals surface area (Å²) in [5.74, 6) is -1.07. The van der Waals surface area contributed by atoms with Crippen LogP contribution in [-0.4, -0.2) is 32.4 Å². The van der Waals surface area contributed by atoms with Crippen LogP contribution in [-0.2, 0) is 11.2 Å². The van der Waals surface area contributed by atoms with Gasteiger partial charge in [0, 0.05) is 0 Å². The lowest BCUT2D eigenvalue weighted by atomic mass is 10.0. The third-order valence-corrected chi connectivity index (χ3v) is 3.27. The number of nitrogens with zero attached hydrogens (tertiary/aromatic N) is 2. The van der Waals surface area contributed by atoms with E-state index in [0.29, 0.717) is 0 Å². The molecule has 5 heteroatoms. The van der Waals surface area contributed by atoms with Crippen LogP contribution in [0.3, 0.4) is 0 Å². The molecule has 1 heterocycles. The predicted octanol–water partition coefficient (Wildman–Crippen LogP) is 3.21. The van der Waals surface area contributed by atoms with Crippen LogP contribution in [0, 0.1) is 0 Å². The molecule has 0 spiro atoms. The van der Waals surface area contributed by atoms with Gasteiger partial charge in [0.15, 0.2) is 5.79 Å². The third kappa shape index (κ3) is 8.27. The van der Waals surface area contributed by atoms with Gasteiger partial charge in [-0.05, 0) is 33.1 Å². The zero-order chi connectivity index (χ0) is 14.8. The average molecular weight is 283 g/mol. The highest BCUT2D eigenvalue weighted by molar-refractivity contribution is 4.91. The number of hydrogen-bond acceptors (Lipinski definition) is 4. The van der Waals surface area contributed by atoms with E-state index in [4.69, 9.17) is 4.74 Å². The molecule has 1 atom stereocenters. The molecule has 116 valence electrons. The molecule has 0 fully saturated rings. The summed E-state index contributed by atoms with van der Waals surface area (Å²) in [5.41, 5.74) is 0.945. The summed E-state index contributed by atoms with van der Waals surface area (Å²) in [6.07, 6.45) is 10.7. The lowest BCUT2D eigenvalue weighted by Crippen LogP contribution is -2.30. The van der Waals surface area contributed by atoms with Crippen molar-refractivity contribution in [2.24, 2.45) is 0 Å². The molecule has 1 rings (SSSR count). The Bertz CT molecular complexity index is 333. The summed E-state index contributed by atoms with van der Waals surface area (Å²) < 4.78 is 5.74. The molecule has 0 radical (unpaired) electrons. The maximum atomic E-state index is 9.83. The topological polar surface area (TPSA) is 71.0 Å². The van der Waals surface area contributed by atoms with Gasteiger partial charge in [-0.15, -0.1) is 0 Å². The van der Waals surface area contributed by atoms with E-state index in [0.717, 1.165) is 31.4 Å². The maximum Gasteiger partial charge on any atom is 0.160 e. The van der Waals surface area contributed by atoms with E-state index in [9.17, 15) is 5.11 Å². The van der Waals surface area contributed by atoms with Crippen LogP contribution < -0.4 is 0 Å². The van der Waals surface area contributed by atoms with Gasteiger partial charge in [-0.3, -0.25) is 0 Å². The Morgan fingerprint density at radius 3 is 2.60 bits per heavy atom. The number of hydrogen-bond donors (Lipinski definition) is 2. The predicted molar refractivity (Wildman–Crippen MR) is 79.3 cm³/mol. The van der Waals surface area contributed by atoms with Gasteiger partial charge in [-0.1, -0.05) is 39.0 Å². The number of aromatic nitrogens is 3. The molecule has 0 aliphatic heterocycles. The summed E-state index contributed by atoms with van der Waals surface area (Å²) in [4.78, 5) is 0. The molecule has 0 aromatic carbocycles. The van der Waals surface area contributed by atoms with Crippen LogP contribution in [0.2, 0.25) is 0 Å². The van der Waals surface area contributed by atoms with E-state index in [-0.39, 0.29) is 6.10 Å². The smallest absolute Gasteiger partial charge is 0.160 e. The highest BCUT2D eigenvalue weighted by Crippen LogP contribution is 2.18. The quantitative estimate of drug-likeness (QED) is 0.483. The molecule has 1 aromatic heterocycles. The van der Waals surface area contributed by atoms with Crippen LogP contribution in [0.1, 0.15) is 71.4 Å². The van der Waals surface area contributed by atoms with E-state index >= 15 is 0 Å². The Kier molecular flexibility index (Phi) is 7.77. The monoisotopic (exact) mass is 283 g/mol. The Labute approximate surface area is 122 Å². The standard InChI is InChI=1S/C15H29N3O2/c1-4-5-6-7-8-9-14(20-15(2,3)19)11-10-13-12-16-18-17-13/h12,14,19H,4-11H2,1-3H3,(H,16,17,18)/t14-/m1/s1. The minimum Gasteiger partial charge on any atom is -0.366 e. The number of H-pyrrole nitrogens is 1. The van der Waals surface area contributed by atoms with Gasteiger partial charge in [-0.25, -0.2) is 0 Å². The lowest BCUT2D eigenvalue weighted by Gasteiger charge is -2.26. The van der Waals surface area contributed by atoms with Crippen LogP contribution >= 0.6 is 0 Å². The minimum absolute atomic E-state index is 0.0772. The number of aliphatic hydroxyl groups is 1. The fourth-order valence-corrected chi connectivity index (χ4v) is 2.30. The van der Waals surface area contributed by atoms with Gasteiger partial charge in [0.25, 0.3) is 0 Å². The molecule has 5 nitrogen and oxygen atoms in total. The lowest BCUT2D eigenvalue weighted by molar-refractivity contribution is -0.208. The minimum atomic E-state index is -1.07. The zero-order valence-electron chi connectivity index (χ0n) is 13.1. The van der Waals surface area contributed by atoms with Crippen molar-refractivity contribution in [2.75, 3.05) is 0 Å². The molecule has 0 bridgehead atoms. The maximum absolute atomic E-state index is 9.83.